The molecule has 0 spiro atoms. The number of para-hydroxylation sites is 1. The molecule has 1 saturated carbocycles. The third-order valence-electron chi connectivity index (χ3n) is 6.90. The smallest absolute Gasteiger partial charge is 0.459 e. The van der Waals surface area contributed by atoms with Gasteiger partial charge in [0.05, 0.1) is 5.69 Å². The van der Waals surface area contributed by atoms with Crippen molar-refractivity contribution < 1.29 is 38.1 Å². The van der Waals surface area contributed by atoms with Crippen LogP contribution in [0.25, 0.3) is 5.52 Å². The van der Waals surface area contributed by atoms with Gasteiger partial charge >= 0.3 is 13.7 Å². The van der Waals surface area contributed by atoms with Crippen molar-refractivity contribution in [2.24, 2.45) is 0 Å². The molecular weight excluding hydrogens is 543 g/mol. The normalized spacial score (nSPS) is 26.9. The molecule has 0 radical (unpaired) electrons. The topological polar surface area (TPSA) is 204 Å². The maximum absolute atomic E-state index is 13.9. The number of hydrogen-bond donors (Lipinski definition) is 4. The molecule has 40 heavy (non-hydrogen) atoms. The number of anilines is 1. The second-order valence-electron chi connectivity index (χ2n) is 9.69. The molecule has 212 valence electrons. The van der Waals surface area contributed by atoms with Crippen LogP contribution in [0.1, 0.15) is 38.0 Å². The van der Waals surface area contributed by atoms with Gasteiger partial charge in [0.1, 0.15) is 60.7 Å². The lowest BCUT2D eigenvalue weighted by Gasteiger charge is -2.30. The summed E-state index contributed by atoms with van der Waals surface area (Å²) >= 11 is 0. The van der Waals surface area contributed by atoms with Crippen LogP contribution in [0.3, 0.4) is 0 Å². The van der Waals surface area contributed by atoms with Gasteiger partial charge in [-0.2, -0.15) is 15.4 Å². The summed E-state index contributed by atoms with van der Waals surface area (Å²) in [4.78, 5) is 16.5. The molecule has 2 aliphatic rings. The lowest BCUT2D eigenvalue weighted by molar-refractivity contribution is -0.154. The molecule has 5 rings (SSSR count). The van der Waals surface area contributed by atoms with E-state index < -0.39 is 50.3 Å². The Bertz CT molecular complexity index is 1460. The molecule has 14 nitrogen and oxygen atoms in total. The number of nitrogens with two attached hydrogens (primary N) is 1. The summed E-state index contributed by atoms with van der Waals surface area (Å²) in [6.45, 7) is 0.650. The fourth-order valence-electron chi connectivity index (χ4n) is 4.41. The van der Waals surface area contributed by atoms with Crippen LogP contribution in [-0.2, 0) is 23.4 Å². The monoisotopic (exact) mass is 572 g/mol. The second-order valence-corrected chi connectivity index (χ2v) is 11.4. The Morgan fingerprint density at radius 2 is 2.08 bits per heavy atom. The third-order valence-corrected chi connectivity index (χ3v) is 8.52. The summed E-state index contributed by atoms with van der Waals surface area (Å²) in [5.41, 5.74) is 4.44. The number of aromatic nitrogens is 3. The van der Waals surface area contributed by atoms with E-state index in [1.165, 1.54) is 29.9 Å². The van der Waals surface area contributed by atoms with E-state index in [9.17, 15) is 24.8 Å². The number of carbonyl (C=O) groups excluding carboxylic acids is 1. The van der Waals surface area contributed by atoms with Crippen LogP contribution in [0.2, 0.25) is 0 Å². The number of fused-ring (bicyclic) bond motifs is 1. The molecule has 15 heteroatoms. The molecule has 3 heterocycles. The Kier molecular flexibility index (Phi) is 7.78. The van der Waals surface area contributed by atoms with Crippen LogP contribution >= 0.6 is 7.75 Å². The Labute approximate surface area is 229 Å². The minimum atomic E-state index is -4.38. The number of nitrogen functional groups attached to an aromatic ring is 1. The third kappa shape index (κ3) is 5.40. The molecule has 1 aliphatic heterocycles. The highest BCUT2D eigenvalue weighted by Crippen LogP contribution is 2.48. The summed E-state index contributed by atoms with van der Waals surface area (Å²) in [5, 5.41) is 38.5. The van der Waals surface area contributed by atoms with Crippen molar-refractivity contribution in [3.63, 3.8) is 0 Å². The maximum atomic E-state index is 13.9. The zero-order valence-corrected chi connectivity index (χ0v) is 22.4. The van der Waals surface area contributed by atoms with Gasteiger partial charge in [0.15, 0.2) is 5.82 Å². The second kappa shape index (κ2) is 11.1. The first-order valence-corrected chi connectivity index (χ1v) is 14.2. The summed E-state index contributed by atoms with van der Waals surface area (Å²) in [7, 11) is -4.38. The van der Waals surface area contributed by atoms with Gasteiger partial charge in [-0.05, 0) is 50.5 Å². The standard InChI is InChI=1S/C25H29N6O8P/c1-15(24(34)37-16-8-5-9-16)30-40(35,39-17-6-3-2-4-7-17)36-13-25(12-26)22(33)20(32)21(38-25)18-10-11-19-23(27)28-14-29-31(18)19/h2-4,6-7,10-11,14-16,20-22,32-33H,5,8-9,13H2,1H3,(H,30,35)(H2,27,28,29)/t15?,20-,21+,22+,25-,40?/m1/s1. The highest BCUT2D eigenvalue weighted by molar-refractivity contribution is 7.52. The zero-order valence-electron chi connectivity index (χ0n) is 21.5. The molecular formula is C25H29N6O8P. The summed E-state index contributed by atoms with van der Waals surface area (Å²) in [5.74, 6) is -0.306. The van der Waals surface area contributed by atoms with Crippen molar-refractivity contribution >= 4 is 25.1 Å². The molecule has 3 aromatic rings. The molecule has 0 amide bonds. The highest BCUT2D eigenvalue weighted by Gasteiger charge is 2.57. The quantitative estimate of drug-likeness (QED) is 0.202. The number of nitrogens with zero attached hydrogens (tertiary/aromatic N) is 4. The fraction of sp³-hybridized carbons (Fsp3) is 0.440. The number of rotatable bonds is 10. The van der Waals surface area contributed by atoms with E-state index in [2.05, 4.69) is 15.2 Å². The number of benzene rings is 1. The van der Waals surface area contributed by atoms with Gasteiger partial charge in [0, 0.05) is 0 Å². The Morgan fingerprint density at radius 3 is 2.75 bits per heavy atom. The Morgan fingerprint density at radius 1 is 1.32 bits per heavy atom. The van der Waals surface area contributed by atoms with E-state index in [-0.39, 0.29) is 17.7 Å². The molecule has 1 aromatic carbocycles. The van der Waals surface area contributed by atoms with Crippen molar-refractivity contribution in [3.05, 3.63) is 54.5 Å². The molecule has 5 N–H and O–H groups in total. The highest BCUT2D eigenvalue weighted by atomic mass is 31.2. The molecule has 0 bridgehead atoms. The number of nitriles is 1. The van der Waals surface area contributed by atoms with E-state index in [1.54, 1.807) is 30.3 Å². The number of hydrogen-bond acceptors (Lipinski definition) is 12. The van der Waals surface area contributed by atoms with Crippen molar-refractivity contribution in [2.75, 3.05) is 12.3 Å². The molecule has 2 aromatic heterocycles. The van der Waals surface area contributed by atoms with Crippen molar-refractivity contribution in [1.82, 2.24) is 19.7 Å². The number of esters is 1. The molecule has 6 atom stereocenters. The van der Waals surface area contributed by atoms with E-state index >= 15 is 0 Å². The van der Waals surface area contributed by atoms with Gasteiger partial charge in [-0.3, -0.25) is 9.32 Å². The predicted octanol–water partition coefficient (Wildman–Crippen LogP) is 1.64. The summed E-state index contributed by atoms with van der Waals surface area (Å²) < 4.78 is 37.8. The number of ether oxygens (including phenoxy) is 2. The summed E-state index contributed by atoms with van der Waals surface area (Å²) in [6.07, 6.45) is -1.10. The van der Waals surface area contributed by atoms with E-state index in [4.69, 9.17) is 24.3 Å². The van der Waals surface area contributed by atoms with Gasteiger partial charge in [0.25, 0.3) is 0 Å². The van der Waals surface area contributed by atoms with Gasteiger partial charge in [-0.15, -0.1) is 0 Å². The van der Waals surface area contributed by atoms with Crippen LogP contribution in [0.5, 0.6) is 5.75 Å². The number of nitrogens with one attached hydrogen (secondary N) is 1. The first-order valence-electron chi connectivity index (χ1n) is 12.7. The fourth-order valence-corrected chi connectivity index (χ4v) is 5.93. The lowest BCUT2D eigenvalue weighted by atomic mass is 9.96. The molecule has 2 unspecified atom stereocenters. The first-order chi connectivity index (χ1) is 19.1. The maximum Gasteiger partial charge on any atom is 0.459 e. The van der Waals surface area contributed by atoms with E-state index in [1.807, 2.05) is 6.07 Å². The van der Waals surface area contributed by atoms with Crippen molar-refractivity contribution in [1.29, 1.82) is 5.26 Å². The van der Waals surface area contributed by atoms with Crippen LogP contribution in [0, 0.1) is 11.3 Å². The number of aliphatic hydroxyl groups excluding tert-OH is 2. The minimum Gasteiger partial charge on any atom is -0.461 e. The molecule has 1 aliphatic carbocycles. The van der Waals surface area contributed by atoms with Crippen LogP contribution in [0.15, 0.2) is 48.8 Å². The predicted molar refractivity (Wildman–Crippen MR) is 139 cm³/mol. The minimum absolute atomic E-state index is 0.159. The number of aliphatic hydroxyl groups is 2. The lowest BCUT2D eigenvalue weighted by Crippen LogP contribution is -2.46. The SMILES string of the molecule is CC(NP(=O)(OC[C@@]1(C#N)O[C@@H](c2ccc3c(N)ncnn23)[C@@H](O)[C@@H]1O)Oc1ccccc1)C(=O)OC1CCC1. The largest absolute Gasteiger partial charge is 0.461 e. The van der Waals surface area contributed by atoms with Gasteiger partial charge in [-0.1, -0.05) is 18.2 Å². The van der Waals surface area contributed by atoms with Crippen molar-refractivity contribution in [2.45, 2.75) is 62.2 Å². The average Bonchev–Trinajstić information content (AvgIpc) is 3.46. The van der Waals surface area contributed by atoms with E-state index in [0.29, 0.717) is 11.2 Å². The van der Waals surface area contributed by atoms with Gasteiger partial charge in [0.2, 0.25) is 5.60 Å². The van der Waals surface area contributed by atoms with Crippen LogP contribution in [-0.4, -0.2) is 67.3 Å². The van der Waals surface area contributed by atoms with Crippen LogP contribution in [0.4, 0.5) is 5.82 Å². The average molecular weight is 573 g/mol. The van der Waals surface area contributed by atoms with E-state index in [0.717, 1.165) is 19.3 Å². The van der Waals surface area contributed by atoms with Crippen LogP contribution < -0.4 is 15.3 Å². The van der Waals surface area contributed by atoms with Crippen molar-refractivity contribution in [3.8, 4) is 11.8 Å². The number of carbonyl (C=O) groups is 1. The Hall–Kier alpha value is -3.57. The Balaban J connectivity index is 1.37. The van der Waals surface area contributed by atoms with Gasteiger partial charge in [-0.25, -0.2) is 14.1 Å². The molecule has 2 fully saturated rings. The van der Waals surface area contributed by atoms with Gasteiger partial charge < -0.3 is 29.9 Å². The summed E-state index contributed by atoms with van der Waals surface area (Å²) in [6, 6.07) is 12.0. The zero-order chi connectivity index (χ0) is 28.5. The molecule has 1 saturated heterocycles. The first kappa shape index (κ1) is 28.0.